The number of nitrogens with two attached hydrogens (primary N) is 1. The Balaban J connectivity index is 3.89. The fourth-order valence-electron chi connectivity index (χ4n) is 0.953. The van der Waals surface area contributed by atoms with Crippen LogP contribution in [0.1, 0.15) is 34.1 Å². The average Bonchev–Trinajstić information content (AvgIpc) is 1.77. The zero-order valence-corrected chi connectivity index (χ0v) is 9.99. The van der Waals surface area contributed by atoms with E-state index in [9.17, 15) is 4.79 Å². The summed E-state index contributed by atoms with van der Waals surface area (Å²) in [5.41, 5.74) is 5.13. The zero-order valence-electron chi connectivity index (χ0n) is 9.18. The fourth-order valence-corrected chi connectivity index (χ4v) is 1.20. The molecular formula is C9H19N3OS. The van der Waals surface area contributed by atoms with Crippen molar-refractivity contribution in [3.05, 3.63) is 0 Å². The van der Waals surface area contributed by atoms with E-state index >= 15 is 0 Å². The van der Waals surface area contributed by atoms with Crippen LogP contribution in [0.15, 0.2) is 0 Å². The lowest BCUT2D eigenvalue weighted by atomic mass is 10.1. The van der Waals surface area contributed by atoms with Crippen LogP contribution in [-0.2, 0) is 0 Å². The summed E-state index contributed by atoms with van der Waals surface area (Å²) in [6.45, 7) is 7.63. The molecule has 0 aromatic rings. The predicted molar refractivity (Wildman–Crippen MR) is 62.3 cm³/mol. The summed E-state index contributed by atoms with van der Waals surface area (Å²) < 4.78 is 0. The molecule has 0 bridgehead atoms. The van der Waals surface area contributed by atoms with Crippen molar-refractivity contribution in [1.29, 1.82) is 0 Å². The number of rotatable bonds is 3. The molecule has 1 atom stereocenters. The fraction of sp³-hybridized carbons (Fsp3) is 0.778. The Morgan fingerprint density at radius 3 is 2.36 bits per heavy atom. The first-order chi connectivity index (χ1) is 6.20. The first-order valence-electron chi connectivity index (χ1n) is 4.57. The number of urea groups is 1. The van der Waals surface area contributed by atoms with Gasteiger partial charge in [-0.3, -0.25) is 0 Å². The maximum atomic E-state index is 11.3. The molecule has 0 saturated heterocycles. The number of carbonyl (C=O) groups is 1. The molecule has 0 rings (SSSR count). The second kappa shape index (κ2) is 5.14. The molecule has 0 radical (unpaired) electrons. The van der Waals surface area contributed by atoms with E-state index in [1.807, 2.05) is 27.7 Å². The first-order valence-corrected chi connectivity index (χ1v) is 4.98. The van der Waals surface area contributed by atoms with Crippen molar-refractivity contribution in [1.82, 2.24) is 10.6 Å². The van der Waals surface area contributed by atoms with E-state index < -0.39 is 0 Å². The van der Waals surface area contributed by atoms with Crippen molar-refractivity contribution in [3.63, 3.8) is 0 Å². The van der Waals surface area contributed by atoms with Crippen LogP contribution in [0.5, 0.6) is 0 Å². The summed E-state index contributed by atoms with van der Waals surface area (Å²) in [6, 6.07) is -0.226. The number of nitrogens with one attached hydrogen (secondary N) is 2. The van der Waals surface area contributed by atoms with Crippen LogP contribution in [0.25, 0.3) is 0 Å². The lowest BCUT2D eigenvalue weighted by molar-refractivity contribution is 0.229. The number of carbonyl (C=O) groups excluding carboxylic acids is 1. The van der Waals surface area contributed by atoms with Crippen LogP contribution in [0.2, 0.25) is 0 Å². The molecule has 0 aliphatic heterocycles. The van der Waals surface area contributed by atoms with Crippen LogP contribution < -0.4 is 16.4 Å². The molecular weight excluding hydrogens is 198 g/mol. The van der Waals surface area contributed by atoms with Gasteiger partial charge in [-0.05, 0) is 27.7 Å². The van der Waals surface area contributed by atoms with Gasteiger partial charge in [-0.25, -0.2) is 4.79 Å². The van der Waals surface area contributed by atoms with Gasteiger partial charge in [-0.2, -0.15) is 0 Å². The van der Waals surface area contributed by atoms with Gasteiger partial charge < -0.3 is 16.4 Å². The van der Waals surface area contributed by atoms with Crippen molar-refractivity contribution in [2.75, 3.05) is 0 Å². The van der Waals surface area contributed by atoms with Crippen molar-refractivity contribution < 1.29 is 4.79 Å². The SMILES string of the molecule is CC(CC(N)=S)NC(=O)NC(C)(C)C. The quantitative estimate of drug-likeness (QED) is 0.621. The molecule has 82 valence electrons. The Kier molecular flexibility index (Phi) is 4.83. The Morgan fingerprint density at radius 2 is 2.00 bits per heavy atom. The van der Waals surface area contributed by atoms with Crippen LogP contribution >= 0.6 is 12.2 Å². The Labute approximate surface area is 90.6 Å². The third-order valence-corrected chi connectivity index (χ3v) is 1.54. The molecule has 4 N–H and O–H groups in total. The summed E-state index contributed by atoms with van der Waals surface area (Å²) >= 11 is 4.74. The first kappa shape index (κ1) is 13.2. The molecule has 0 heterocycles. The highest BCUT2D eigenvalue weighted by Gasteiger charge is 2.15. The van der Waals surface area contributed by atoms with E-state index in [-0.39, 0.29) is 17.6 Å². The number of hydrogen-bond acceptors (Lipinski definition) is 2. The van der Waals surface area contributed by atoms with Gasteiger partial charge in [0, 0.05) is 18.0 Å². The molecule has 0 aliphatic carbocycles. The second-order valence-electron chi connectivity index (χ2n) is 4.42. The zero-order chi connectivity index (χ0) is 11.4. The van der Waals surface area contributed by atoms with E-state index in [1.54, 1.807) is 0 Å². The van der Waals surface area contributed by atoms with Gasteiger partial charge >= 0.3 is 6.03 Å². The molecule has 0 aliphatic rings. The highest BCUT2D eigenvalue weighted by Crippen LogP contribution is 1.98. The van der Waals surface area contributed by atoms with Crippen molar-refractivity contribution in [2.24, 2.45) is 5.73 Å². The van der Waals surface area contributed by atoms with Crippen LogP contribution in [-0.4, -0.2) is 22.6 Å². The minimum Gasteiger partial charge on any atom is -0.393 e. The van der Waals surface area contributed by atoms with Crippen molar-refractivity contribution in [2.45, 2.75) is 45.7 Å². The monoisotopic (exact) mass is 217 g/mol. The molecule has 0 spiro atoms. The average molecular weight is 217 g/mol. The highest BCUT2D eigenvalue weighted by molar-refractivity contribution is 7.80. The summed E-state index contributed by atoms with van der Waals surface area (Å²) in [5.74, 6) is 0. The maximum absolute atomic E-state index is 11.3. The summed E-state index contributed by atoms with van der Waals surface area (Å²) in [7, 11) is 0. The number of amides is 2. The lowest BCUT2D eigenvalue weighted by Crippen LogP contribution is -2.49. The maximum Gasteiger partial charge on any atom is 0.315 e. The van der Waals surface area contributed by atoms with E-state index in [1.165, 1.54) is 0 Å². The molecule has 0 saturated carbocycles. The third kappa shape index (κ3) is 7.79. The Bertz CT molecular complexity index is 223. The topological polar surface area (TPSA) is 67.1 Å². The standard InChI is InChI=1S/C9H19N3OS/c1-6(5-7(10)14)11-8(13)12-9(2,3)4/h6H,5H2,1-4H3,(H2,10,14)(H2,11,12,13). The molecule has 5 heteroatoms. The third-order valence-electron chi connectivity index (χ3n) is 1.37. The molecule has 2 amide bonds. The van der Waals surface area contributed by atoms with Gasteiger partial charge in [0.05, 0.1) is 4.99 Å². The van der Waals surface area contributed by atoms with Gasteiger partial charge in [0.2, 0.25) is 0 Å². The minimum atomic E-state index is -0.229. The molecule has 14 heavy (non-hydrogen) atoms. The Morgan fingerprint density at radius 1 is 1.50 bits per heavy atom. The van der Waals surface area contributed by atoms with Gasteiger partial charge in [-0.15, -0.1) is 0 Å². The second-order valence-corrected chi connectivity index (χ2v) is 4.94. The number of hydrogen-bond donors (Lipinski definition) is 3. The van der Waals surface area contributed by atoms with Crippen LogP contribution in [0.4, 0.5) is 4.79 Å². The van der Waals surface area contributed by atoms with E-state index in [0.717, 1.165) is 0 Å². The van der Waals surface area contributed by atoms with Gasteiger partial charge in [0.25, 0.3) is 0 Å². The normalized spacial score (nSPS) is 13.1. The van der Waals surface area contributed by atoms with E-state index in [4.69, 9.17) is 18.0 Å². The van der Waals surface area contributed by atoms with Gasteiger partial charge in [0.15, 0.2) is 0 Å². The predicted octanol–water partition coefficient (Wildman–Crippen LogP) is 1.15. The summed E-state index contributed by atoms with van der Waals surface area (Å²) in [6.07, 6.45) is 0.521. The van der Waals surface area contributed by atoms with E-state index in [2.05, 4.69) is 10.6 Å². The smallest absolute Gasteiger partial charge is 0.315 e. The van der Waals surface area contributed by atoms with Crippen LogP contribution in [0, 0.1) is 0 Å². The van der Waals surface area contributed by atoms with Crippen molar-refractivity contribution >= 4 is 23.2 Å². The minimum absolute atomic E-state index is 0.0325. The van der Waals surface area contributed by atoms with Gasteiger partial charge in [0.1, 0.15) is 0 Å². The van der Waals surface area contributed by atoms with E-state index in [0.29, 0.717) is 11.4 Å². The molecule has 0 aromatic heterocycles. The molecule has 1 unspecified atom stereocenters. The summed E-state index contributed by atoms with van der Waals surface area (Å²) in [5, 5.41) is 5.54. The number of thiocarbonyl (C=S) groups is 1. The van der Waals surface area contributed by atoms with Crippen molar-refractivity contribution in [3.8, 4) is 0 Å². The molecule has 4 nitrogen and oxygen atoms in total. The van der Waals surface area contributed by atoms with Gasteiger partial charge in [-0.1, -0.05) is 12.2 Å². The highest BCUT2D eigenvalue weighted by atomic mass is 32.1. The lowest BCUT2D eigenvalue weighted by Gasteiger charge is -2.22. The van der Waals surface area contributed by atoms with Crippen LogP contribution in [0.3, 0.4) is 0 Å². The summed E-state index contributed by atoms with van der Waals surface area (Å²) in [4.78, 5) is 11.8. The molecule has 0 fully saturated rings. The molecule has 0 aromatic carbocycles. The largest absolute Gasteiger partial charge is 0.393 e. The Hall–Kier alpha value is -0.840.